The van der Waals surface area contributed by atoms with Crippen LogP contribution in [0.5, 0.6) is 0 Å². The van der Waals surface area contributed by atoms with Gasteiger partial charge in [0.15, 0.2) is 5.96 Å². The lowest BCUT2D eigenvalue weighted by Gasteiger charge is -2.22. The zero-order chi connectivity index (χ0) is 15.9. The monoisotopic (exact) mass is 319 g/mol. The molecule has 0 fully saturated rings. The van der Waals surface area contributed by atoms with Gasteiger partial charge in [0.05, 0.1) is 17.2 Å². The predicted molar refractivity (Wildman–Crippen MR) is 93.4 cm³/mol. The quantitative estimate of drug-likeness (QED) is 0.657. The minimum Gasteiger partial charge on any atom is -0.357 e. The Hall–Kier alpha value is -1.82. The Morgan fingerprint density at radius 1 is 1.50 bits per heavy atom. The zero-order valence-corrected chi connectivity index (χ0v) is 14.7. The van der Waals surface area contributed by atoms with Crippen molar-refractivity contribution in [1.29, 1.82) is 0 Å². The molecule has 0 saturated carbocycles. The summed E-state index contributed by atoms with van der Waals surface area (Å²) in [7, 11) is 4.14. The fourth-order valence-corrected chi connectivity index (χ4v) is 2.89. The summed E-state index contributed by atoms with van der Waals surface area (Å²) >= 11 is 1.70. The van der Waals surface area contributed by atoms with E-state index in [1.54, 1.807) is 11.3 Å². The molecular weight excluding hydrogens is 294 g/mol. The first-order valence-electron chi connectivity index (χ1n) is 7.60. The van der Waals surface area contributed by atoms with Crippen LogP contribution in [0, 0.1) is 6.92 Å². The molecule has 0 aliphatic carbocycles. The van der Waals surface area contributed by atoms with Crippen molar-refractivity contribution < 1.29 is 0 Å². The molecule has 2 aromatic heterocycles. The standard InChI is InChI=1S/C16H25N5S/c1-5-17-16(18-9-8-14-12-22-13(2)19-14)21(4)11-15-7-6-10-20(15)3/h6-7,10,12H,5,8-9,11H2,1-4H3,(H,17,18). The highest BCUT2D eigenvalue weighted by Crippen LogP contribution is 2.08. The van der Waals surface area contributed by atoms with E-state index in [1.807, 2.05) is 6.92 Å². The van der Waals surface area contributed by atoms with Crippen LogP contribution in [0.1, 0.15) is 23.3 Å². The fraction of sp³-hybridized carbons (Fsp3) is 0.500. The van der Waals surface area contributed by atoms with Crippen LogP contribution in [0.4, 0.5) is 0 Å². The lowest BCUT2D eigenvalue weighted by atomic mass is 10.3. The van der Waals surface area contributed by atoms with Crippen molar-refractivity contribution in [2.75, 3.05) is 20.1 Å². The van der Waals surface area contributed by atoms with Crippen molar-refractivity contribution in [3.63, 3.8) is 0 Å². The van der Waals surface area contributed by atoms with Gasteiger partial charge < -0.3 is 14.8 Å². The van der Waals surface area contributed by atoms with Crippen molar-refractivity contribution in [2.24, 2.45) is 12.0 Å². The smallest absolute Gasteiger partial charge is 0.194 e. The Bertz CT molecular complexity index is 614. The van der Waals surface area contributed by atoms with Crippen LogP contribution in [-0.4, -0.2) is 40.5 Å². The molecule has 0 bridgehead atoms. The van der Waals surface area contributed by atoms with Gasteiger partial charge >= 0.3 is 0 Å². The summed E-state index contributed by atoms with van der Waals surface area (Å²) in [4.78, 5) is 11.4. The van der Waals surface area contributed by atoms with Gasteiger partial charge in [0.1, 0.15) is 0 Å². The maximum absolute atomic E-state index is 4.71. The third-order valence-electron chi connectivity index (χ3n) is 3.44. The lowest BCUT2D eigenvalue weighted by molar-refractivity contribution is 0.462. The van der Waals surface area contributed by atoms with Crippen LogP contribution in [0.2, 0.25) is 0 Å². The third-order valence-corrected chi connectivity index (χ3v) is 4.27. The molecule has 0 aliphatic rings. The number of hydrogen-bond acceptors (Lipinski definition) is 3. The van der Waals surface area contributed by atoms with Crippen molar-refractivity contribution in [2.45, 2.75) is 26.8 Å². The van der Waals surface area contributed by atoms with Crippen LogP contribution in [0.3, 0.4) is 0 Å². The number of aryl methyl sites for hydroxylation is 2. The molecule has 0 radical (unpaired) electrons. The average molecular weight is 319 g/mol. The molecule has 0 aliphatic heterocycles. The molecule has 0 amide bonds. The van der Waals surface area contributed by atoms with Gasteiger partial charge in [0.25, 0.3) is 0 Å². The zero-order valence-electron chi connectivity index (χ0n) is 13.8. The molecule has 5 nitrogen and oxygen atoms in total. The Morgan fingerprint density at radius 2 is 2.32 bits per heavy atom. The summed E-state index contributed by atoms with van der Waals surface area (Å²) in [6, 6.07) is 4.20. The summed E-state index contributed by atoms with van der Waals surface area (Å²) in [6.07, 6.45) is 2.95. The molecule has 0 spiro atoms. The van der Waals surface area contributed by atoms with Gasteiger partial charge in [-0.15, -0.1) is 11.3 Å². The summed E-state index contributed by atoms with van der Waals surface area (Å²) in [5.74, 6) is 0.940. The lowest BCUT2D eigenvalue weighted by Crippen LogP contribution is -2.39. The highest BCUT2D eigenvalue weighted by atomic mass is 32.1. The summed E-state index contributed by atoms with van der Waals surface area (Å²) in [5, 5.41) is 6.59. The van der Waals surface area contributed by atoms with Gasteiger partial charge in [-0.1, -0.05) is 0 Å². The first-order valence-corrected chi connectivity index (χ1v) is 8.48. The number of rotatable bonds is 6. The third kappa shape index (κ3) is 4.59. The molecule has 6 heteroatoms. The molecular formula is C16H25N5S. The summed E-state index contributed by atoms with van der Waals surface area (Å²) < 4.78 is 2.14. The minimum absolute atomic E-state index is 0.753. The van der Waals surface area contributed by atoms with E-state index in [1.165, 1.54) is 5.69 Å². The molecule has 2 rings (SSSR count). The van der Waals surface area contributed by atoms with Crippen LogP contribution in [0.15, 0.2) is 28.7 Å². The molecule has 1 N–H and O–H groups in total. The van der Waals surface area contributed by atoms with E-state index in [9.17, 15) is 0 Å². The molecule has 2 aromatic rings. The minimum atomic E-state index is 0.753. The Balaban J connectivity index is 1.95. The number of nitrogens with zero attached hydrogens (tertiary/aromatic N) is 4. The SMILES string of the molecule is CCNC(=NCCc1csc(C)n1)N(C)Cc1cccn1C. The molecule has 22 heavy (non-hydrogen) atoms. The van der Waals surface area contributed by atoms with Crippen molar-refractivity contribution in [1.82, 2.24) is 19.8 Å². The number of hydrogen-bond donors (Lipinski definition) is 1. The van der Waals surface area contributed by atoms with E-state index in [-0.39, 0.29) is 0 Å². The van der Waals surface area contributed by atoms with E-state index >= 15 is 0 Å². The number of aliphatic imine (C=N–C) groups is 1. The predicted octanol–water partition coefficient (Wildman–Crippen LogP) is 2.43. The van der Waals surface area contributed by atoms with Crippen molar-refractivity contribution in [3.05, 3.63) is 40.1 Å². The first-order chi connectivity index (χ1) is 10.6. The Morgan fingerprint density at radius 3 is 2.91 bits per heavy atom. The van der Waals surface area contributed by atoms with Gasteiger partial charge in [-0.25, -0.2) is 4.98 Å². The second kappa shape index (κ2) is 7.98. The molecule has 0 atom stereocenters. The summed E-state index contributed by atoms with van der Waals surface area (Å²) in [6.45, 7) is 6.59. The normalized spacial score (nSPS) is 11.7. The van der Waals surface area contributed by atoms with Crippen LogP contribution in [-0.2, 0) is 20.0 Å². The number of guanidine groups is 1. The van der Waals surface area contributed by atoms with Gasteiger partial charge in [-0.05, 0) is 26.0 Å². The first kappa shape index (κ1) is 16.5. The maximum Gasteiger partial charge on any atom is 0.194 e. The van der Waals surface area contributed by atoms with E-state index in [0.717, 1.165) is 42.7 Å². The number of aromatic nitrogens is 2. The fourth-order valence-electron chi connectivity index (χ4n) is 2.25. The Kier molecular flexibility index (Phi) is 6.00. The van der Waals surface area contributed by atoms with Gasteiger partial charge in [0.2, 0.25) is 0 Å². The largest absolute Gasteiger partial charge is 0.357 e. The number of nitrogens with one attached hydrogen (secondary N) is 1. The molecule has 0 saturated heterocycles. The van der Waals surface area contributed by atoms with Crippen molar-refractivity contribution in [3.8, 4) is 0 Å². The maximum atomic E-state index is 4.71. The average Bonchev–Trinajstić information content (AvgIpc) is 3.07. The Labute approximate surface area is 136 Å². The summed E-state index contributed by atoms with van der Waals surface area (Å²) in [5.41, 5.74) is 2.40. The molecule has 0 unspecified atom stereocenters. The number of thiazole rings is 1. The highest BCUT2D eigenvalue weighted by molar-refractivity contribution is 7.09. The van der Waals surface area contributed by atoms with Crippen molar-refractivity contribution >= 4 is 17.3 Å². The van der Waals surface area contributed by atoms with E-state index in [4.69, 9.17) is 4.99 Å². The van der Waals surface area contributed by atoms with E-state index in [0.29, 0.717) is 0 Å². The van der Waals surface area contributed by atoms with Gasteiger partial charge in [0, 0.05) is 50.9 Å². The molecule has 2 heterocycles. The molecule has 120 valence electrons. The van der Waals surface area contributed by atoms with E-state index < -0.39 is 0 Å². The second-order valence-corrected chi connectivity index (χ2v) is 6.37. The van der Waals surface area contributed by atoms with E-state index in [2.05, 4.69) is 64.5 Å². The van der Waals surface area contributed by atoms with Gasteiger partial charge in [-0.2, -0.15) is 0 Å². The van der Waals surface area contributed by atoms with Gasteiger partial charge in [-0.3, -0.25) is 4.99 Å². The molecule has 0 aromatic carbocycles. The van der Waals surface area contributed by atoms with Crippen LogP contribution >= 0.6 is 11.3 Å². The topological polar surface area (TPSA) is 45.5 Å². The van der Waals surface area contributed by atoms with Crippen LogP contribution < -0.4 is 5.32 Å². The highest BCUT2D eigenvalue weighted by Gasteiger charge is 2.08. The second-order valence-electron chi connectivity index (χ2n) is 5.31. The van der Waals surface area contributed by atoms with Crippen LogP contribution in [0.25, 0.3) is 0 Å².